The Morgan fingerprint density at radius 3 is 2.67 bits per heavy atom. The Labute approximate surface area is 123 Å². The van der Waals surface area contributed by atoms with Crippen molar-refractivity contribution >= 4 is 22.8 Å². The Balaban J connectivity index is 2.06. The fraction of sp³-hybridized carbons (Fsp3) is 0.111. The summed E-state index contributed by atoms with van der Waals surface area (Å²) in [6, 6.07) is 15.7. The number of hydrogen-bond acceptors (Lipinski definition) is 2. The van der Waals surface area contributed by atoms with E-state index in [2.05, 4.69) is 16.0 Å². The van der Waals surface area contributed by atoms with Gasteiger partial charge >= 0.3 is 0 Å². The number of H-pyrrole nitrogens is 1. The molecule has 21 heavy (non-hydrogen) atoms. The maximum Gasteiger partial charge on any atom is 0.257 e. The number of para-hydroxylation sites is 1. The van der Waals surface area contributed by atoms with Crippen molar-refractivity contribution in [1.82, 2.24) is 4.98 Å². The quantitative estimate of drug-likeness (QED) is 0.709. The van der Waals surface area contributed by atoms with Gasteiger partial charge in [0.1, 0.15) is 0 Å². The van der Waals surface area contributed by atoms with Gasteiger partial charge in [-0.25, -0.2) is 0 Å². The molecule has 1 heterocycles. The first-order valence-electron chi connectivity index (χ1n) is 6.87. The molecule has 2 aromatic carbocycles. The first-order chi connectivity index (χ1) is 10.1. The number of aromatic nitrogens is 1. The number of rotatable bonds is 2. The summed E-state index contributed by atoms with van der Waals surface area (Å²) in [7, 11) is 0. The van der Waals surface area contributed by atoms with Crippen LogP contribution in [0.1, 0.15) is 16.7 Å². The molecule has 0 radical (unpaired) electrons. The fourth-order valence-electron chi connectivity index (χ4n) is 2.29. The second-order valence-corrected chi connectivity index (χ2v) is 5.19. The molecule has 3 rings (SSSR count). The Bertz CT molecular complexity index is 891. The second kappa shape index (κ2) is 5.37. The maximum atomic E-state index is 12.1. The third-order valence-corrected chi connectivity index (χ3v) is 3.49. The maximum absolute atomic E-state index is 12.1. The smallest absolute Gasteiger partial charge is 0.257 e. The summed E-state index contributed by atoms with van der Waals surface area (Å²) >= 11 is 0. The van der Waals surface area contributed by atoms with Crippen molar-refractivity contribution < 1.29 is 0 Å². The van der Waals surface area contributed by atoms with Gasteiger partial charge in [-0.3, -0.25) is 9.79 Å². The van der Waals surface area contributed by atoms with E-state index in [1.54, 1.807) is 6.21 Å². The molecule has 0 bridgehead atoms. The van der Waals surface area contributed by atoms with Gasteiger partial charge in [-0.2, -0.15) is 0 Å². The van der Waals surface area contributed by atoms with Crippen LogP contribution in [-0.2, 0) is 0 Å². The number of aromatic amines is 1. The number of aryl methyl sites for hydroxylation is 2. The fourth-order valence-corrected chi connectivity index (χ4v) is 2.29. The van der Waals surface area contributed by atoms with E-state index in [4.69, 9.17) is 0 Å². The summed E-state index contributed by atoms with van der Waals surface area (Å²) in [6.45, 7) is 4.03. The third-order valence-electron chi connectivity index (χ3n) is 3.49. The van der Waals surface area contributed by atoms with Crippen molar-refractivity contribution in [3.63, 3.8) is 0 Å². The summed E-state index contributed by atoms with van der Waals surface area (Å²) in [5, 5.41) is 1.01. The van der Waals surface area contributed by atoms with Gasteiger partial charge in [0, 0.05) is 11.7 Å². The largest absolute Gasteiger partial charge is 0.321 e. The van der Waals surface area contributed by atoms with Crippen LogP contribution >= 0.6 is 0 Å². The number of fused-ring (bicyclic) bond motifs is 1. The number of pyridine rings is 1. The van der Waals surface area contributed by atoms with Crippen LogP contribution in [0.5, 0.6) is 0 Å². The molecule has 0 aliphatic carbocycles. The zero-order chi connectivity index (χ0) is 14.8. The van der Waals surface area contributed by atoms with Crippen molar-refractivity contribution in [3.8, 4) is 0 Å². The van der Waals surface area contributed by atoms with Crippen LogP contribution in [0.25, 0.3) is 10.9 Å². The van der Waals surface area contributed by atoms with E-state index in [1.165, 1.54) is 0 Å². The van der Waals surface area contributed by atoms with E-state index in [-0.39, 0.29) is 5.56 Å². The monoisotopic (exact) mass is 276 g/mol. The van der Waals surface area contributed by atoms with Gasteiger partial charge < -0.3 is 4.98 Å². The summed E-state index contributed by atoms with van der Waals surface area (Å²) in [5.74, 6) is 0. The molecule has 3 aromatic rings. The molecule has 0 amide bonds. The highest BCUT2D eigenvalue weighted by molar-refractivity contribution is 5.89. The Morgan fingerprint density at radius 1 is 1.05 bits per heavy atom. The summed E-state index contributed by atoms with van der Waals surface area (Å²) in [4.78, 5) is 19.4. The first kappa shape index (κ1) is 13.3. The van der Waals surface area contributed by atoms with Gasteiger partial charge in [-0.15, -0.1) is 0 Å². The minimum absolute atomic E-state index is 0.122. The van der Waals surface area contributed by atoms with Gasteiger partial charge in [-0.1, -0.05) is 29.8 Å². The molecule has 0 unspecified atom stereocenters. The van der Waals surface area contributed by atoms with E-state index >= 15 is 0 Å². The van der Waals surface area contributed by atoms with Gasteiger partial charge in [-0.05, 0) is 49.1 Å². The lowest BCUT2D eigenvalue weighted by atomic mass is 10.1. The lowest BCUT2D eigenvalue weighted by Crippen LogP contribution is -2.11. The highest BCUT2D eigenvalue weighted by Crippen LogP contribution is 2.17. The van der Waals surface area contributed by atoms with Crippen molar-refractivity contribution in [2.45, 2.75) is 13.8 Å². The molecule has 3 heteroatoms. The van der Waals surface area contributed by atoms with Crippen LogP contribution < -0.4 is 5.56 Å². The predicted molar refractivity (Wildman–Crippen MR) is 87.7 cm³/mol. The van der Waals surface area contributed by atoms with Crippen LogP contribution in [0, 0.1) is 13.8 Å². The number of hydrogen-bond donors (Lipinski definition) is 1. The van der Waals surface area contributed by atoms with Gasteiger partial charge in [0.05, 0.1) is 11.3 Å². The predicted octanol–water partition coefficient (Wildman–Crippen LogP) is 3.90. The summed E-state index contributed by atoms with van der Waals surface area (Å²) in [6.07, 6.45) is 1.63. The van der Waals surface area contributed by atoms with Crippen LogP contribution in [0.4, 0.5) is 5.69 Å². The zero-order valence-corrected chi connectivity index (χ0v) is 12.1. The molecular formula is C18H16N2O. The number of aliphatic imine (C=N–C) groups is 1. The van der Waals surface area contributed by atoms with Crippen LogP contribution in [-0.4, -0.2) is 11.2 Å². The Morgan fingerprint density at radius 2 is 1.86 bits per heavy atom. The molecule has 104 valence electrons. The van der Waals surface area contributed by atoms with E-state index in [1.807, 2.05) is 56.3 Å². The molecule has 0 fully saturated rings. The SMILES string of the molecule is Cc1ccc2[nH]c(=O)c(C=Nc3ccccc3C)cc2c1. The average molecular weight is 276 g/mol. The molecule has 3 nitrogen and oxygen atoms in total. The van der Waals surface area contributed by atoms with Crippen LogP contribution in [0.15, 0.2) is 58.3 Å². The van der Waals surface area contributed by atoms with Crippen molar-refractivity contribution in [1.29, 1.82) is 0 Å². The minimum atomic E-state index is -0.122. The van der Waals surface area contributed by atoms with Gasteiger partial charge in [0.2, 0.25) is 0 Å². The van der Waals surface area contributed by atoms with E-state index < -0.39 is 0 Å². The van der Waals surface area contributed by atoms with Gasteiger partial charge in [0.15, 0.2) is 0 Å². The second-order valence-electron chi connectivity index (χ2n) is 5.19. The van der Waals surface area contributed by atoms with E-state index in [0.29, 0.717) is 5.56 Å². The number of nitrogens with zero attached hydrogens (tertiary/aromatic N) is 1. The van der Waals surface area contributed by atoms with Gasteiger partial charge in [0.25, 0.3) is 5.56 Å². The molecular weight excluding hydrogens is 260 g/mol. The van der Waals surface area contributed by atoms with Crippen LogP contribution in [0.2, 0.25) is 0 Å². The van der Waals surface area contributed by atoms with Crippen molar-refractivity contribution in [3.05, 3.63) is 75.6 Å². The normalized spacial score (nSPS) is 11.3. The minimum Gasteiger partial charge on any atom is -0.321 e. The molecule has 0 atom stereocenters. The standard InChI is InChI=1S/C18H16N2O/c1-12-7-8-17-14(9-12)10-15(18(21)20-17)11-19-16-6-4-3-5-13(16)2/h3-11H,1-2H3,(H,20,21). The molecule has 0 saturated heterocycles. The summed E-state index contributed by atoms with van der Waals surface area (Å²) in [5.41, 5.74) is 4.41. The van der Waals surface area contributed by atoms with Crippen molar-refractivity contribution in [2.75, 3.05) is 0 Å². The number of benzene rings is 2. The number of nitrogens with one attached hydrogen (secondary N) is 1. The molecule has 0 spiro atoms. The highest BCUT2D eigenvalue weighted by Gasteiger charge is 2.01. The highest BCUT2D eigenvalue weighted by atomic mass is 16.1. The molecule has 0 aliphatic heterocycles. The van der Waals surface area contributed by atoms with E-state index in [0.717, 1.165) is 27.7 Å². The third kappa shape index (κ3) is 2.77. The Hall–Kier alpha value is -2.68. The molecule has 0 aliphatic rings. The first-order valence-corrected chi connectivity index (χ1v) is 6.87. The van der Waals surface area contributed by atoms with Crippen LogP contribution in [0.3, 0.4) is 0 Å². The zero-order valence-electron chi connectivity index (χ0n) is 12.1. The lowest BCUT2D eigenvalue weighted by molar-refractivity contribution is 1.29. The van der Waals surface area contributed by atoms with Crippen molar-refractivity contribution in [2.24, 2.45) is 4.99 Å². The molecule has 0 saturated carbocycles. The van der Waals surface area contributed by atoms with E-state index in [9.17, 15) is 4.79 Å². The molecule has 1 N–H and O–H groups in total. The Kier molecular flexibility index (Phi) is 3.40. The summed E-state index contributed by atoms with van der Waals surface area (Å²) < 4.78 is 0. The molecule has 1 aromatic heterocycles. The topological polar surface area (TPSA) is 45.2 Å². The average Bonchev–Trinajstić information content (AvgIpc) is 2.47. The lowest BCUT2D eigenvalue weighted by Gasteiger charge is -2.01.